The van der Waals surface area contributed by atoms with E-state index < -0.39 is 12.1 Å². The molecule has 0 aromatic carbocycles. The van der Waals surface area contributed by atoms with Crippen LogP contribution < -0.4 is 0 Å². The molecular formula is C67H104O6. The topological polar surface area (TPSA) is 78.9 Å². The normalized spacial score (nSPS) is 13.3. The van der Waals surface area contributed by atoms with Crippen molar-refractivity contribution in [3.63, 3.8) is 0 Å². The van der Waals surface area contributed by atoms with Gasteiger partial charge in [0.1, 0.15) is 13.2 Å². The van der Waals surface area contributed by atoms with Crippen molar-refractivity contribution < 1.29 is 28.6 Å². The number of carbonyl (C=O) groups is 3. The number of rotatable bonds is 50. The van der Waals surface area contributed by atoms with Gasteiger partial charge in [0.25, 0.3) is 0 Å². The molecule has 0 aliphatic carbocycles. The average Bonchev–Trinajstić information content (AvgIpc) is 3.39. The second-order valence-corrected chi connectivity index (χ2v) is 18.4. The molecule has 0 aliphatic heterocycles. The Morgan fingerprint density at radius 1 is 0.288 bits per heavy atom. The van der Waals surface area contributed by atoms with Gasteiger partial charge in [0.15, 0.2) is 6.10 Å². The van der Waals surface area contributed by atoms with Gasteiger partial charge in [-0.25, -0.2) is 0 Å². The van der Waals surface area contributed by atoms with Crippen molar-refractivity contribution in [1.82, 2.24) is 0 Å². The Morgan fingerprint density at radius 2 is 0.575 bits per heavy atom. The quantitative estimate of drug-likeness (QED) is 0.0261. The Labute approximate surface area is 448 Å². The van der Waals surface area contributed by atoms with Crippen molar-refractivity contribution in [2.75, 3.05) is 13.2 Å². The minimum absolute atomic E-state index is 0.135. The molecule has 0 bridgehead atoms. The van der Waals surface area contributed by atoms with Crippen LogP contribution in [0, 0.1) is 0 Å². The molecule has 0 radical (unpaired) electrons. The van der Waals surface area contributed by atoms with Crippen molar-refractivity contribution in [2.24, 2.45) is 0 Å². The van der Waals surface area contributed by atoms with E-state index in [-0.39, 0.29) is 38.0 Å². The molecule has 0 aliphatic rings. The molecule has 6 heteroatoms. The monoisotopic (exact) mass is 1000 g/mol. The van der Waals surface area contributed by atoms with E-state index >= 15 is 0 Å². The van der Waals surface area contributed by atoms with Crippen molar-refractivity contribution in [1.29, 1.82) is 0 Å². The van der Waals surface area contributed by atoms with Crippen LogP contribution in [0.2, 0.25) is 0 Å². The highest BCUT2D eigenvalue weighted by atomic mass is 16.6. The standard InChI is InChI=1S/C67H104O6/c1-4-7-10-13-16-19-22-25-28-31-33-36-39-42-45-48-51-54-57-60-66(69)72-63-64(62-71-65(68)59-56-53-50-47-44-41-38-35-30-27-24-21-18-15-12-9-6-3)73-67(70)61-58-55-52-49-46-43-40-37-34-32-29-26-23-20-17-14-11-8-5-2/h8-9,11-12,16-21,25-30,34,37-38,41,43,46-47,50,52,55,64H,4-7,10,13-15,22-24,31-33,35-36,39-40,42,44-45,48-49,51,53-54,56-63H2,1-3H3/b11-8-,12-9-,19-16-,20-17-,21-18-,28-25-,29-26-,30-27-,37-34-,41-38-,46-43-,50-47-,55-52-/t64-/m1/s1. The number of hydrogen-bond acceptors (Lipinski definition) is 6. The number of ether oxygens (including phenoxy) is 3. The summed E-state index contributed by atoms with van der Waals surface area (Å²) in [5.41, 5.74) is 0. The smallest absolute Gasteiger partial charge is 0.306 e. The van der Waals surface area contributed by atoms with Gasteiger partial charge in [-0.2, -0.15) is 0 Å². The molecule has 0 spiro atoms. The molecule has 0 rings (SSSR count). The van der Waals surface area contributed by atoms with Crippen LogP contribution in [0.15, 0.2) is 158 Å². The lowest BCUT2D eigenvalue weighted by atomic mass is 10.1. The maximum Gasteiger partial charge on any atom is 0.306 e. The van der Waals surface area contributed by atoms with Crippen LogP contribution in [0.5, 0.6) is 0 Å². The second kappa shape index (κ2) is 59.6. The van der Waals surface area contributed by atoms with Gasteiger partial charge in [-0.3, -0.25) is 14.4 Å². The van der Waals surface area contributed by atoms with E-state index in [0.717, 1.165) is 103 Å². The Kier molecular flexibility index (Phi) is 55.5. The van der Waals surface area contributed by atoms with Gasteiger partial charge in [0, 0.05) is 19.3 Å². The summed E-state index contributed by atoms with van der Waals surface area (Å²) in [5, 5.41) is 0. The molecule has 408 valence electrons. The Hall–Kier alpha value is -4.97. The minimum atomic E-state index is -0.852. The van der Waals surface area contributed by atoms with Crippen molar-refractivity contribution in [3.05, 3.63) is 158 Å². The molecule has 0 saturated carbocycles. The predicted octanol–water partition coefficient (Wildman–Crippen LogP) is 19.8. The molecule has 0 unspecified atom stereocenters. The van der Waals surface area contributed by atoms with Gasteiger partial charge in [-0.05, 0) is 128 Å². The number of carbonyl (C=O) groups excluding carboxylic acids is 3. The van der Waals surface area contributed by atoms with Crippen LogP contribution in [0.1, 0.15) is 226 Å². The summed E-state index contributed by atoms with van der Waals surface area (Å²) in [6, 6.07) is 0. The first kappa shape index (κ1) is 68.0. The van der Waals surface area contributed by atoms with Crippen molar-refractivity contribution in [2.45, 2.75) is 232 Å². The second-order valence-electron chi connectivity index (χ2n) is 18.4. The van der Waals surface area contributed by atoms with Gasteiger partial charge in [-0.15, -0.1) is 0 Å². The SMILES string of the molecule is CC/C=C\C/C=C\C/C=C\C/C=C\C/C=C\C/C=C\CCC(=O)O[C@H](COC(=O)CCC/C=C\C/C=C\C/C=C\C/C=C\C/C=C\CC)COC(=O)CCCCCCCCCCC/C=C\C/C=C\CCCCC. The molecule has 0 heterocycles. The van der Waals surface area contributed by atoms with Gasteiger partial charge in [0.05, 0.1) is 0 Å². The molecule has 73 heavy (non-hydrogen) atoms. The number of allylic oxidation sites excluding steroid dienone is 26. The fourth-order valence-electron chi connectivity index (χ4n) is 7.24. The largest absolute Gasteiger partial charge is 0.462 e. The average molecular weight is 1010 g/mol. The van der Waals surface area contributed by atoms with Crippen molar-refractivity contribution >= 4 is 17.9 Å². The van der Waals surface area contributed by atoms with E-state index in [2.05, 4.69) is 167 Å². The summed E-state index contributed by atoms with van der Waals surface area (Å²) in [5.74, 6) is -1.09. The van der Waals surface area contributed by atoms with Crippen LogP contribution in [-0.4, -0.2) is 37.2 Å². The zero-order valence-electron chi connectivity index (χ0n) is 46.6. The summed E-state index contributed by atoms with van der Waals surface area (Å²) in [7, 11) is 0. The van der Waals surface area contributed by atoms with E-state index in [1.807, 2.05) is 12.2 Å². The van der Waals surface area contributed by atoms with E-state index in [4.69, 9.17) is 14.2 Å². The molecule has 6 nitrogen and oxygen atoms in total. The predicted molar refractivity (Wildman–Crippen MR) is 315 cm³/mol. The fraction of sp³-hybridized carbons (Fsp3) is 0.567. The zero-order chi connectivity index (χ0) is 52.9. The van der Waals surface area contributed by atoms with Crippen molar-refractivity contribution in [3.8, 4) is 0 Å². The number of unbranched alkanes of at least 4 members (excludes halogenated alkanes) is 13. The number of esters is 3. The lowest BCUT2D eigenvalue weighted by molar-refractivity contribution is -0.166. The number of hydrogen-bond donors (Lipinski definition) is 0. The first-order chi connectivity index (χ1) is 36.0. The zero-order valence-corrected chi connectivity index (χ0v) is 46.6. The highest BCUT2D eigenvalue weighted by Crippen LogP contribution is 2.13. The summed E-state index contributed by atoms with van der Waals surface area (Å²) < 4.78 is 16.7. The summed E-state index contributed by atoms with van der Waals surface area (Å²) in [6.07, 6.45) is 86.8. The van der Waals surface area contributed by atoms with Gasteiger partial charge < -0.3 is 14.2 Å². The third kappa shape index (κ3) is 57.8. The Balaban J connectivity index is 4.62. The van der Waals surface area contributed by atoms with Crippen LogP contribution in [0.25, 0.3) is 0 Å². The highest BCUT2D eigenvalue weighted by Gasteiger charge is 2.19. The van der Waals surface area contributed by atoms with Crippen LogP contribution in [-0.2, 0) is 28.6 Å². The first-order valence-electron chi connectivity index (χ1n) is 29.0. The van der Waals surface area contributed by atoms with Gasteiger partial charge >= 0.3 is 17.9 Å². The maximum absolute atomic E-state index is 12.8. The fourth-order valence-corrected chi connectivity index (χ4v) is 7.24. The molecule has 0 aromatic rings. The molecule has 1 atom stereocenters. The summed E-state index contributed by atoms with van der Waals surface area (Å²) in [4.78, 5) is 38.2. The molecule has 0 saturated heterocycles. The minimum Gasteiger partial charge on any atom is -0.462 e. The summed E-state index contributed by atoms with van der Waals surface area (Å²) in [6.45, 7) is 6.26. The lowest BCUT2D eigenvalue weighted by Gasteiger charge is -2.18. The third-order valence-electron chi connectivity index (χ3n) is 11.5. The Bertz CT molecular complexity index is 1670. The van der Waals surface area contributed by atoms with E-state index in [1.165, 1.54) is 70.6 Å². The molecule has 0 fully saturated rings. The molecule has 0 amide bonds. The lowest BCUT2D eigenvalue weighted by Crippen LogP contribution is -2.30. The third-order valence-corrected chi connectivity index (χ3v) is 11.5. The van der Waals surface area contributed by atoms with E-state index in [1.54, 1.807) is 0 Å². The van der Waals surface area contributed by atoms with Crippen LogP contribution in [0.3, 0.4) is 0 Å². The van der Waals surface area contributed by atoms with E-state index in [9.17, 15) is 14.4 Å². The first-order valence-corrected chi connectivity index (χ1v) is 29.0. The molecule has 0 N–H and O–H groups in total. The highest BCUT2D eigenvalue weighted by molar-refractivity contribution is 5.71. The maximum atomic E-state index is 12.8. The van der Waals surface area contributed by atoms with Crippen LogP contribution in [0.4, 0.5) is 0 Å². The van der Waals surface area contributed by atoms with Gasteiger partial charge in [-0.1, -0.05) is 237 Å². The molecule has 0 aromatic heterocycles. The Morgan fingerprint density at radius 3 is 0.945 bits per heavy atom. The molecular weight excluding hydrogens is 901 g/mol. The van der Waals surface area contributed by atoms with E-state index in [0.29, 0.717) is 19.3 Å². The van der Waals surface area contributed by atoms with Gasteiger partial charge in [0.2, 0.25) is 0 Å². The summed E-state index contributed by atoms with van der Waals surface area (Å²) >= 11 is 0. The van der Waals surface area contributed by atoms with Crippen LogP contribution >= 0.6 is 0 Å².